The fourth-order valence-corrected chi connectivity index (χ4v) is 1.39. The molecule has 0 saturated carbocycles. The topological polar surface area (TPSA) is 21.3 Å². The predicted molar refractivity (Wildman–Crippen MR) is 54.7 cm³/mol. The molecule has 0 unspecified atom stereocenters. The molecule has 1 rings (SSSR count). The lowest BCUT2D eigenvalue weighted by molar-refractivity contribution is 0.184. The van der Waals surface area contributed by atoms with Gasteiger partial charge in [-0.15, -0.1) is 0 Å². The molecule has 0 radical (unpaired) electrons. The van der Waals surface area contributed by atoms with Crippen molar-refractivity contribution in [2.45, 2.75) is 20.1 Å². The van der Waals surface area contributed by atoms with Crippen molar-refractivity contribution < 1.29 is 4.74 Å². The Balaban J connectivity index is 2.79. The normalized spacial score (nSPS) is 10.4. The number of ether oxygens (including phenoxy) is 1. The van der Waals surface area contributed by atoms with E-state index in [-0.39, 0.29) is 0 Å². The Labute approximate surface area is 79.9 Å². The lowest BCUT2D eigenvalue weighted by atomic mass is 10.1. The monoisotopic (exact) mass is 179 g/mol. The smallest absolute Gasteiger partial charge is 0.0715 e. The molecule has 13 heavy (non-hydrogen) atoms. The van der Waals surface area contributed by atoms with Crippen molar-refractivity contribution >= 4 is 0 Å². The molecule has 1 N–H and O–H groups in total. The van der Waals surface area contributed by atoms with E-state index in [0.717, 1.165) is 6.54 Å². The first-order valence-corrected chi connectivity index (χ1v) is 4.50. The lowest BCUT2D eigenvalue weighted by Crippen LogP contribution is -2.05. The number of hydrogen-bond acceptors (Lipinski definition) is 2. The van der Waals surface area contributed by atoms with Crippen molar-refractivity contribution in [2.24, 2.45) is 0 Å². The Kier molecular flexibility index (Phi) is 3.93. The Bertz CT molecular complexity index is 271. The highest BCUT2D eigenvalue weighted by molar-refractivity contribution is 5.30. The van der Waals surface area contributed by atoms with Gasteiger partial charge in [-0.3, -0.25) is 0 Å². The van der Waals surface area contributed by atoms with E-state index in [0.29, 0.717) is 6.61 Å². The molecule has 0 heterocycles. The van der Waals surface area contributed by atoms with E-state index in [2.05, 4.69) is 30.4 Å². The Morgan fingerprint density at radius 2 is 2.15 bits per heavy atom. The molecular formula is C11H17NO. The first-order chi connectivity index (χ1) is 6.27. The van der Waals surface area contributed by atoms with Gasteiger partial charge in [0.05, 0.1) is 6.61 Å². The van der Waals surface area contributed by atoms with Crippen molar-refractivity contribution in [3.63, 3.8) is 0 Å². The second kappa shape index (κ2) is 5.00. The third-order valence-corrected chi connectivity index (χ3v) is 2.09. The number of aryl methyl sites for hydroxylation is 1. The number of nitrogens with one attached hydrogen (secondary N) is 1. The maximum Gasteiger partial charge on any atom is 0.0715 e. The lowest BCUT2D eigenvalue weighted by Gasteiger charge is -2.07. The van der Waals surface area contributed by atoms with E-state index >= 15 is 0 Å². The summed E-state index contributed by atoms with van der Waals surface area (Å²) in [6.07, 6.45) is 0. The van der Waals surface area contributed by atoms with E-state index in [1.165, 1.54) is 16.7 Å². The van der Waals surface area contributed by atoms with Crippen LogP contribution < -0.4 is 5.32 Å². The zero-order valence-electron chi connectivity index (χ0n) is 8.55. The first-order valence-electron chi connectivity index (χ1n) is 4.50. The molecular weight excluding hydrogens is 162 g/mol. The number of rotatable bonds is 4. The molecule has 1 aromatic rings. The van der Waals surface area contributed by atoms with Crippen LogP contribution in [-0.4, -0.2) is 14.2 Å². The molecule has 2 heteroatoms. The molecule has 0 aromatic heterocycles. The van der Waals surface area contributed by atoms with Gasteiger partial charge >= 0.3 is 0 Å². The average Bonchev–Trinajstić information content (AvgIpc) is 2.10. The van der Waals surface area contributed by atoms with Gasteiger partial charge in [0.1, 0.15) is 0 Å². The minimum atomic E-state index is 0.700. The molecule has 2 nitrogen and oxygen atoms in total. The van der Waals surface area contributed by atoms with E-state index in [1.54, 1.807) is 7.11 Å². The van der Waals surface area contributed by atoms with Gasteiger partial charge in [-0.2, -0.15) is 0 Å². The minimum absolute atomic E-state index is 0.700. The summed E-state index contributed by atoms with van der Waals surface area (Å²) >= 11 is 0. The quantitative estimate of drug-likeness (QED) is 0.761. The molecule has 0 fully saturated rings. The SMILES string of the molecule is CNCc1ccc(COC)c(C)c1. The van der Waals surface area contributed by atoms with Crippen molar-refractivity contribution in [1.29, 1.82) is 0 Å². The summed E-state index contributed by atoms with van der Waals surface area (Å²) in [6, 6.07) is 6.47. The van der Waals surface area contributed by atoms with Crippen LogP contribution in [0.1, 0.15) is 16.7 Å². The number of methoxy groups -OCH3 is 1. The van der Waals surface area contributed by atoms with Crippen molar-refractivity contribution in [3.8, 4) is 0 Å². The largest absolute Gasteiger partial charge is 0.380 e. The van der Waals surface area contributed by atoms with Crippen LogP contribution in [0.3, 0.4) is 0 Å². The van der Waals surface area contributed by atoms with Crippen LogP contribution in [0.5, 0.6) is 0 Å². The molecule has 0 saturated heterocycles. The highest BCUT2D eigenvalue weighted by Crippen LogP contribution is 2.11. The summed E-state index contributed by atoms with van der Waals surface area (Å²) in [5.74, 6) is 0. The Hall–Kier alpha value is -0.860. The molecule has 0 aliphatic heterocycles. The zero-order valence-corrected chi connectivity index (χ0v) is 8.55. The third-order valence-electron chi connectivity index (χ3n) is 2.09. The molecule has 1 aromatic carbocycles. The second-order valence-electron chi connectivity index (χ2n) is 3.22. The number of hydrogen-bond donors (Lipinski definition) is 1. The van der Waals surface area contributed by atoms with Crippen molar-refractivity contribution in [2.75, 3.05) is 14.2 Å². The van der Waals surface area contributed by atoms with Crippen LogP contribution in [0, 0.1) is 6.92 Å². The van der Waals surface area contributed by atoms with Crippen molar-refractivity contribution in [3.05, 3.63) is 34.9 Å². The summed E-state index contributed by atoms with van der Waals surface area (Å²) in [5.41, 5.74) is 3.89. The predicted octanol–water partition coefficient (Wildman–Crippen LogP) is 1.86. The molecule has 72 valence electrons. The van der Waals surface area contributed by atoms with Gasteiger partial charge < -0.3 is 10.1 Å². The van der Waals surface area contributed by atoms with Gasteiger partial charge in [0.2, 0.25) is 0 Å². The summed E-state index contributed by atoms with van der Waals surface area (Å²) in [7, 11) is 3.68. The maximum absolute atomic E-state index is 5.09. The maximum atomic E-state index is 5.09. The van der Waals surface area contributed by atoms with E-state index in [4.69, 9.17) is 4.74 Å². The standard InChI is InChI=1S/C11H17NO/c1-9-6-10(7-12-2)4-5-11(9)8-13-3/h4-6,12H,7-8H2,1-3H3. The van der Waals surface area contributed by atoms with Gasteiger partial charge in [-0.1, -0.05) is 18.2 Å². The van der Waals surface area contributed by atoms with Crippen LogP contribution in [0.2, 0.25) is 0 Å². The van der Waals surface area contributed by atoms with Gasteiger partial charge in [-0.25, -0.2) is 0 Å². The highest BCUT2D eigenvalue weighted by atomic mass is 16.5. The summed E-state index contributed by atoms with van der Waals surface area (Å²) in [6.45, 7) is 3.74. The molecule has 0 atom stereocenters. The van der Waals surface area contributed by atoms with Crippen LogP contribution in [0.15, 0.2) is 18.2 Å². The Morgan fingerprint density at radius 3 is 2.69 bits per heavy atom. The van der Waals surface area contributed by atoms with E-state index < -0.39 is 0 Å². The summed E-state index contributed by atoms with van der Waals surface area (Å²) < 4.78 is 5.09. The first kappa shape index (κ1) is 10.2. The zero-order chi connectivity index (χ0) is 9.68. The molecule has 0 aliphatic rings. The molecule has 0 aliphatic carbocycles. The summed E-state index contributed by atoms with van der Waals surface area (Å²) in [4.78, 5) is 0. The Morgan fingerprint density at radius 1 is 1.38 bits per heavy atom. The fraction of sp³-hybridized carbons (Fsp3) is 0.455. The van der Waals surface area contributed by atoms with Crippen LogP contribution >= 0.6 is 0 Å². The number of benzene rings is 1. The highest BCUT2D eigenvalue weighted by Gasteiger charge is 1.98. The average molecular weight is 179 g/mol. The second-order valence-corrected chi connectivity index (χ2v) is 3.22. The summed E-state index contributed by atoms with van der Waals surface area (Å²) in [5, 5.41) is 3.13. The fourth-order valence-electron chi connectivity index (χ4n) is 1.39. The van der Waals surface area contributed by atoms with Crippen molar-refractivity contribution in [1.82, 2.24) is 5.32 Å². The third kappa shape index (κ3) is 2.83. The molecule has 0 spiro atoms. The molecule has 0 bridgehead atoms. The van der Waals surface area contributed by atoms with Crippen LogP contribution in [-0.2, 0) is 17.9 Å². The van der Waals surface area contributed by atoms with Gasteiger partial charge in [0.25, 0.3) is 0 Å². The minimum Gasteiger partial charge on any atom is -0.380 e. The van der Waals surface area contributed by atoms with E-state index in [9.17, 15) is 0 Å². The van der Waals surface area contributed by atoms with E-state index in [1.807, 2.05) is 7.05 Å². The molecule has 0 amide bonds. The van der Waals surface area contributed by atoms with Gasteiger partial charge in [0.15, 0.2) is 0 Å². The van der Waals surface area contributed by atoms with Crippen LogP contribution in [0.4, 0.5) is 0 Å². The van der Waals surface area contributed by atoms with Gasteiger partial charge in [-0.05, 0) is 30.7 Å². The van der Waals surface area contributed by atoms with Crippen LogP contribution in [0.25, 0.3) is 0 Å². The van der Waals surface area contributed by atoms with Gasteiger partial charge in [0, 0.05) is 13.7 Å².